The fraction of sp³-hybridized carbons (Fsp3) is 0.357. The van der Waals surface area contributed by atoms with Gasteiger partial charge in [-0.05, 0) is 24.6 Å². The molecule has 0 atom stereocenters. The van der Waals surface area contributed by atoms with Crippen molar-refractivity contribution in [2.24, 2.45) is 0 Å². The van der Waals surface area contributed by atoms with E-state index in [1.165, 1.54) is 7.11 Å². The minimum Gasteiger partial charge on any atom is -0.496 e. The first-order valence-electron chi connectivity index (χ1n) is 6.43. The van der Waals surface area contributed by atoms with Crippen LogP contribution in [0.15, 0.2) is 18.2 Å². The third-order valence-electron chi connectivity index (χ3n) is 3.11. The van der Waals surface area contributed by atoms with Crippen LogP contribution >= 0.6 is 11.6 Å². The molecular formula is C14H16ClN3O3. The molecule has 0 spiro atoms. The molecule has 0 bridgehead atoms. The predicted octanol–water partition coefficient (Wildman–Crippen LogP) is 2.34. The van der Waals surface area contributed by atoms with Crippen LogP contribution in [-0.4, -0.2) is 35.2 Å². The maximum atomic E-state index is 11.7. The molecule has 7 heteroatoms. The van der Waals surface area contributed by atoms with Gasteiger partial charge in [-0.2, -0.15) is 0 Å². The summed E-state index contributed by atoms with van der Waals surface area (Å²) in [6.07, 6.45) is 0.611. The number of hydrogen-bond donors (Lipinski definition) is 0. The Morgan fingerprint density at radius 3 is 2.76 bits per heavy atom. The first-order valence-corrected chi connectivity index (χ1v) is 6.81. The van der Waals surface area contributed by atoms with Gasteiger partial charge in [-0.1, -0.05) is 23.7 Å². The van der Waals surface area contributed by atoms with Crippen molar-refractivity contribution >= 4 is 17.6 Å². The van der Waals surface area contributed by atoms with Crippen molar-refractivity contribution in [1.82, 2.24) is 15.0 Å². The van der Waals surface area contributed by atoms with E-state index in [2.05, 4.69) is 10.3 Å². The fourth-order valence-corrected chi connectivity index (χ4v) is 2.29. The molecule has 0 saturated heterocycles. The third-order valence-corrected chi connectivity index (χ3v) is 3.35. The van der Waals surface area contributed by atoms with Gasteiger partial charge in [0.2, 0.25) is 0 Å². The molecule has 2 aromatic rings. The zero-order valence-corrected chi connectivity index (χ0v) is 12.8. The number of ether oxygens (including phenoxy) is 2. The number of carbonyl (C=O) groups excluding carboxylic acids is 1. The quantitative estimate of drug-likeness (QED) is 0.793. The highest BCUT2D eigenvalue weighted by Gasteiger charge is 2.19. The largest absolute Gasteiger partial charge is 0.496 e. The average molecular weight is 310 g/mol. The Labute approximate surface area is 127 Å². The van der Waals surface area contributed by atoms with Crippen LogP contribution in [0.2, 0.25) is 5.02 Å². The summed E-state index contributed by atoms with van der Waals surface area (Å²) in [6, 6.07) is 5.35. The summed E-state index contributed by atoms with van der Waals surface area (Å²) in [5.41, 5.74) is 1.81. The van der Waals surface area contributed by atoms with Gasteiger partial charge in [-0.25, -0.2) is 9.48 Å². The smallest absolute Gasteiger partial charge is 0.360 e. The Morgan fingerprint density at radius 1 is 1.38 bits per heavy atom. The maximum absolute atomic E-state index is 11.7. The van der Waals surface area contributed by atoms with Crippen molar-refractivity contribution in [3.8, 4) is 5.75 Å². The van der Waals surface area contributed by atoms with Crippen molar-refractivity contribution in [1.29, 1.82) is 0 Å². The minimum absolute atomic E-state index is 0.237. The summed E-state index contributed by atoms with van der Waals surface area (Å²) in [5.74, 6) is 0.215. The van der Waals surface area contributed by atoms with Gasteiger partial charge in [0.1, 0.15) is 5.75 Å². The van der Waals surface area contributed by atoms with E-state index in [0.29, 0.717) is 29.4 Å². The van der Waals surface area contributed by atoms with Gasteiger partial charge in [-0.15, -0.1) is 5.10 Å². The molecule has 0 saturated carbocycles. The second-order valence-corrected chi connectivity index (χ2v) is 4.78. The van der Waals surface area contributed by atoms with Crippen molar-refractivity contribution in [2.45, 2.75) is 19.9 Å². The Morgan fingerprint density at radius 2 is 2.14 bits per heavy atom. The minimum atomic E-state index is -0.490. The Balaban J connectivity index is 2.38. The second-order valence-electron chi connectivity index (χ2n) is 4.34. The van der Waals surface area contributed by atoms with Gasteiger partial charge in [-0.3, -0.25) is 0 Å². The number of methoxy groups -OCH3 is 2. The van der Waals surface area contributed by atoms with Crippen LogP contribution in [0.25, 0.3) is 0 Å². The van der Waals surface area contributed by atoms with Crippen LogP contribution in [-0.2, 0) is 17.7 Å². The Kier molecular flexibility index (Phi) is 4.80. The summed E-state index contributed by atoms with van der Waals surface area (Å²) in [5, 5.41) is 8.53. The second kappa shape index (κ2) is 6.58. The summed E-state index contributed by atoms with van der Waals surface area (Å²) in [6.45, 7) is 2.34. The molecule has 0 amide bonds. The maximum Gasteiger partial charge on any atom is 0.360 e. The number of aromatic nitrogens is 3. The lowest BCUT2D eigenvalue weighted by Crippen LogP contribution is -2.10. The summed E-state index contributed by atoms with van der Waals surface area (Å²) >= 11 is 6.02. The highest BCUT2D eigenvalue weighted by molar-refractivity contribution is 6.30. The molecule has 1 aromatic heterocycles. The predicted molar refractivity (Wildman–Crippen MR) is 77.8 cm³/mol. The number of esters is 1. The van der Waals surface area contributed by atoms with E-state index in [9.17, 15) is 4.79 Å². The molecule has 0 unspecified atom stereocenters. The Hall–Kier alpha value is -2.08. The van der Waals surface area contributed by atoms with Crippen molar-refractivity contribution < 1.29 is 14.3 Å². The van der Waals surface area contributed by atoms with Gasteiger partial charge in [0, 0.05) is 10.6 Å². The molecule has 1 heterocycles. The lowest BCUT2D eigenvalue weighted by Gasteiger charge is -2.10. The molecule has 112 valence electrons. The van der Waals surface area contributed by atoms with Gasteiger partial charge in [0.15, 0.2) is 5.69 Å². The number of halogens is 1. The topological polar surface area (TPSA) is 66.2 Å². The van der Waals surface area contributed by atoms with E-state index in [0.717, 1.165) is 5.56 Å². The lowest BCUT2D eigenvalue weighted by atomic mass is 10.2. The zero-order chi connectivity index (χ0) is 15.4. The van der Waals surface area contributed by atoms with E-state index in [1.807, 2.05) is 6.92 Å². The molecule has 6 nitrogen and oxygen atoms in total. The number of hydrogen-bond acceptors (Lipinski definition) is 5. The molecule has 0 fully saturated rings. The van der Waals surface area contributed by atoms with E-state index in [4.69, 9.17) is 21.1 Å². The van der Waals surface area contributed by atoms with Gasteiger partial charge < -0.3 is 9.47 Å². The van der Waals surface area contributed by atoms with Crippen LogP contribution < -0.4 is 4.74 Å². The van der Waals surface area contributed by atoms with E-state index in [1.54, 1.807) is 30.0 Å². The standard InChI is InChI=1S/C14H16ClN3O3/c1-4-11-13(14(19)21-3)16-17-18(11)8-9-7-10(15)5-6-12(9)20-2/h5-7H,4,8H2,1-3H3. The van der Waals surface area contributed by atoms with Crippen LogP contribution in [0.5, 0.6) is 5.75 Å². The average Bonchev–Trinajstić information content (AvgIpc) is 2.89. The molecule has 0 aliphatic heterocycles. The normalized spacial score (nSPS) is 10.5. The summed E-state index contributed by atoms with van der Waals surface area (Å²) in [7, 11) is 2.91. The SMILES string of the molecule is CCc1c(C(=O)OC)nnn1Cc1cc(Cl)ccc1OC. The molecule has 0 aliphatic carbocycles. The summed E-state index contributed by atoms with van der Waals surface area (Å²) < 4.78 is 11.7. The lowest BCUT2D eigenvalue weighted by molar-refractivity contribution is 0.0592. The fourth-order valence-electron chi connectivity index (χ4n) is 2.10. The first-order chi connectivity index (χ1) is 10.1. The molecule has 0 radical (unpaired) electrons. The van der Waals surface area contributed by atoms with Crippen LogP contribution in [0, 0.1) is 0 Å². The molecule has 1 aromatic carbocycles. The van der Waals surface area contributed by atoms with E-state index in [-0.39, 0.29) is 5.69 Å². The molecule has 2 rings (SSSR count). The highest BCUT2D eigenvalue weighted by Crippen LogP contribution is 2.24. The molecule has 0 aliphatic rings. The number of nitrogens with zero attached hydrogens (tertiary/aromatic N) is 3. The number of rotatable bonds is 5. The molecule has 0 N–H and O–H groups in total. The molecular weight excluding hydrogens is 294 g/mol. The van der Waals surface area contributed by atoms with Gasteiger partial charge in [0.05, 0.1) is 26.5 Å². The van der Waals surface area contributed by atoms with Gasteiger partial charge >= 0.3 is 5.97 Å². The summed E-state index contributed by atoms with van der Waals surface area (Å²) in [4.78, 5) is 11.7. The zero-order valence-electron chi connectivity index (χ0n) is 12.1. The number of carbonyl (C=O) groups is 1. The van der Waals surface area contributed by atoms with Crippen LogP contribution in [0.4, 0.5) is 0 Å². The third kappa shape index (κ3) is 3.16. The van der Waals surface area contributed by atoms with Crippen LogP contribution in [0.3, 0.4) is 0 Å². The van der Waals surface area contributed by atoms with Crippen molar-refractivity contribution in [3.05, 3.63) is 40.2 Å². The number of benzene rings is 1. The van der Waals surface area contributed by atoms with Crippen molar-refractivity contribution in [2.75, 3.05) is 14.2 Å². The van der Waals surface area contributed by atoms with Gasteiger partial charge in [0.25, 0.3) is 0 Å². The van der Waals surface area contributed by atoms with Crippen molar-refractivity contribution in [3.63, 3.8) is 0 Å². The highest BCUT2D eigenvalue weighted by atomic mass is 35.5. The first kappa shape index (κ1) is 15.3. The van der Waals surface area contributed by atoms with Crippen LogP contribution in [0.1, 0.15) is 28.7 Å². The van der Waals surface area contributed by atoms with E-state index >= 15 is 0 Å². The monoisotopic (exact) mass is 309 g/mol. The van der Waals surface area contributed by atoms with E-state index < -0.39 is 5.97 Å². The Bertz CT molecular complexity index is 655. The molecule has 21 heavy (non-hydrogen) atoms.